The van der Waals surface area contributed by atoms with Crippen LogP contribution in [0.25, 0.3) is 0 Å². The van der Waals surface area contributed by atoms with Gasteiger partial charge in [-0.2, -0.15) is 0 Å². The van der Waals surface area contributed by atoms with Gasteiger partial charge in [-0.15, -0.1) is 0 Å². The summed E-state index contributed by atoms with van der Waals surface area (Å²) in [5.41, 5.74) is 3.91. The Morgan fingerprint density at radius 3 is 2.57 bits per heavy atom. The maximum atomic E-state index is 13.1. The van der Waals surface area contributed by atoms with Gasteiger partial charge in [-0.25, -0.2) is 0 Å². The van der Waals surface area contributed by atoms with Gasteiger partial charge in [-0.05, 0) is 55.0 Å². The van der Waals surface area contributed by atoms with E-state index < -0.39 is 0 Å². The molecule has 2 aromatic carbocycles. The van der Waals surface area contributed by atoms with E-state index in [0.717, 1.165) is 38.5 Å². The number of hydrogen-bond acceptors (Lipinski definition) is 2. The van der Waals surface area contributed by atoms with E-state index in [1.807, 2.05) is 36.2 Å². The molecular weight excluding hydrogens is 348 g/mol. The summed E-state index contributed by atoms with van der Waals surface area (Å²) < 4.78 is 0. The SMILES string of the molecule is CN(C(=O)c1cccc(NC(=O)C2CCCCC2)c1)C1CCc2ccccc21. The first-order valence-electron chi connectivity index (χ1n) is 10.4. The molecule has 2 aliphatic rings. The molecule has 2 amide bonds. The highest BCUT2D eigenvalue weighted by Crippen LogP contribution is 2.35. The van der Waals surface area contributed by atoms with Crippen LogP contribution in [0.5, 0.6) is 0 Å². The summed E-state index contributed by atoms with van der Waals surface area (Å²) in [5.74, 6) is 0.184. The highest BCUT2D eigenvalue weighted by atomic mass is 16.2. The third-order valence-electron chi connectivity index (χ3n) is 6.24. The van der Waals surface area contributed by atoms with Crippen LogP contribution in [0.1, 0.15) is 66.1 Å². The number of nitrogens with zero attached hydrogens (tertiary/aromatic N) is 1. The van der Waals surface area contributed by atoms with Gasteiger partial charge in [0.1, 0.15) is 0 Å². The second-order valence-corrected chi connectivity index (χ2v) is 8.07. The van der Waals surface area contributed by atoms with Crippen LogP contribution >= 0.6 is 0 Å². The number of carbonyl (C=O) groups excluding carboxylic acids is 2. The Balaban J connectivity index is 1.46. The minimum absolute atomic E-state index is 0.00420. The van der Waals surface area contributed by atoms with E-state index in [9.17, 15) is 9.59 Å². The molecule has 0 radical (unpaired) electrons. The smallest absolute Gasteiger partial charge is 0.254 e. The van der Waals surface area contributed by atoms with Gasteiger partial charge in [0.15, 0.2) is 0 Å². The Morgan fingerprint density at radius 1 is 0.964 bits per heavy atom. The fourth-order valence-corrected chi connectivity index (χ4v) is 4.62. The first-order valence-corrected chi connectivity index (χ1v) is 10.4. The van der Waals surface area contributed by atoms with E-state index in [1.54, 1.807) is 6.07 Å². The fourth-order valence-electron chi connectivity index (χ4n) is 4.62. The van der Waals surface area contributed by atoms with Gasteiger partial charge in [0, 0.05) is 24.2 Å². The lowest BCUT2D eigenvalue weighted by Gasteiger charge is -2.26. The van der Waals surface area contributed by atoms with E-state index in [2.05, 4.69) is 23.5 Å². The molecule has 2 aromatic rings. The van der Waals surface area contributed by atoms with Crippen LogP contribution in [0.2, 0.25) is 0 Å². The molecule has 1 atom stereocenters. The maximum absolute atomic E-state index is 13.1. The molecule has 146 valence electrons. The molecule has 4 nitrogen and oxygen atoms in total. The van der Waals surface area contributed by atoms with Crippen LogP contribution in [0.15, 0.2) is 48.5 Å². The third kappa shape index (κ3) is 3.82. The van der Waals surface area contributed by atoms with Crippen molar-refractivity contribution >= 4 is 17.5 Å². The van der Waals surface area contributed by atoms with Crippen molar-refractivity contribution in [3.8, 4) is 0 Å². The van der Waals surface area contributed by atoms with Gasteiger partial charge in [-0.1, -0.05) is 49.6 Å². The van der Waals surface area contributed by atoms with Crippen LogP contribution in [-0.2, 0) is 11.2 Å². The van der Waals surface area contributed by atoms with Crippen molar-refractivity contribution in [2.45, 2.75) is 51.0 Å². The monoisotopic (exact) mass is 376 g/mol. The number of hydrogen-bond donors (Lipinski definition) is 1. The molecule has 0 spiro atoms. The lowest BCUT2D eigenvalue weighted by atomic mass is 9.88. The molecule has 0 bridgehead atoms. The highest BCUT2D eigenvalue weighted by molar-refractivity contribution is 5.97. The quantitative estimate of drug-likeness (QED) is 0.819. The van der Waals surface area contributed by atoms with Gasteiger partial charge in [0.2, 0.25) is 5.91 Å². The summed E-state index contributed by atoms with van der Waals surface area (Å²) in [6, 6.07) is 15.8. The average Bonchev–Trinajstić information content (AvgIpc) is 3.17. The summed E-state index contributed by atoms with van der Waals surface area (Å²) in [5, 5.41) is 3.02. The minimum Gasteiger partial charge on any atom is -0.335 e. The van der Waals surface area contributed by atoms with Crippen molar-refractivity contribution in [2.24, 2.45) is 5.92 Å². The minimum atomic E-state index is -0.00420. The summed E-state index contributed by atoms with van der Waals surface area (Å²) in [7, 11) is 1.88. The Hall–Kier alpha value is -2.62. The van der Waals surface area contributed by atoms with Crippen molar-refractivity contribution in [3.05, 3.63) is 65.2 Å². The number of aryl methyl sites for hydroxylation is 1. The Kier molecular flexibility index (Phi) is 5.47. The van der Waals surface area contributed by atoms with Crippen molar-refractivity contribution < 1.29 is 9.59 Å². The normalized spacial score (nSPS) is 19.1. The third-order valence-corrected chi connectivity index (χ3v) is 6.24. The number of anilines is 1. The zero-order valence-electron chi connectivity index (χ0n) is 16.5. The molecule has 4 heteroatoms. The lowest BCUT2D eigenvalue weighted by Crippen LogP contribution is -2.30. The summed E-state index contributed by atoms with van der Waals surface area (Å²) >= 11 is 0. The molecule has 1 fully saturated rings. The molecular formula is C24H28N2O2. The van der Waals surface area contributed by atoms with Crippen LogP contribution < -0.4 is 5.32 Å². The number of amides is 2. The van der Waals surface area contributed by atoms with Crippen molar-refractivity contribution in [2.75, 3.05) is 12.4 Å². The number of benzene rings is 2. The zero-order valence-corrected chi connectivity index (χ0v) is 16.5. The first-order chi connectivity index (χ1) is 13.6. The molecule has 2 aliphatic carbocycles. The number of fused-ring (bicyclic) bond motifs is 1. The number of carbonyl (C=O) groups is 2. The van der Waals surface area contributed by atoms with Crippen molar-refractivity contribution in [1.29, 1.82) is 0 Å². The molecule has 0 saturated heterocycles. The summed E-state index contributed by atoms with van der Waals surface area (Å²) in [6.45, 7) is 0. The van der Waals surface area contributed by atoms with Crippen LogP contribution in [-0.4, -0.2) is 23.8 Å². The molecule has 1 saturated carbocycles. The Labute approximate surface area is 166 Å². The van der Waals surface area contributed by atoms with Gasteiger partial charge >= 0.3 is 0 Å². The average molecular weight is 377 g/mol. The van der Waals surface area contributed by atoms with Crippen LogP contribution in [0, 0.1) is 5.92 Å². The second kappa shape index (κ2) is 8.17. The molecule has 4 rings (SSSR count). The molecule has 0 aromatic heterocycles. The topological polar surface area (TPSA) is 49.4 Å². The van der Waals surface area contributed by atoms with E-state index >= 15 is 0 Å². The Morgan fingerprint density at radius 2 is 1.75 bits per heavy atom. The van der Waals surface area contributed by atoms with Gasteiger partial charge in [0.25, 0.3) is 5.91 Å². The second-order valence-electron chi connectivity index (χ2n) is 8.07. The van der Waals surface area contributed by atoms with E-state index in [-0.39, 0.29) is 23.8 Å². The van der Waals surface area contributed by atoms with Gasteiger partial charge in [0.05, 0.1) is 6.04 Å². The van der Waals surface area contributed by atoms with Gasteiger partial charge < -0.3 is 10.2 Å². The highest BCUT2D eigenvalue weighted by Gasteiger charge is 2.29. The summed E-state index contributed by atoms with van der Waals surface area (Å²) in [4.78, 5) is 27.5. The zero-order chi connectivity index (χ0) is 19.5. The molecule has 28 heavy (non-hydrogen) atoms. The van der Waals surface area contributed by atoms with Crippen LogP contribution in [0.4, 0.5) is 5.69 Å². The lowest BCUT2D eigenvalue weighted by molar-refractivity contribution is -0.120. The molecule has 0 aliphatic heterocycles. The van der Waals surface area contributed by atoms with E-state index in [0.29, 0.717) is 11.3 Å². The predicted molar refractivity (Wildman–Crippen MR) is 111 cm³/mol. The molecule has 0 heterocycles. The van der Waals surface area contributed by atoms with Crippen molar-refractivity contribution in [3.63, 3.8) is 0 Å². The van der Waals surface area contributed by atoms with Crippen LogP contribution in [0.3, 0.4) is 0 Å². The fraction of sp³-hybridized carbons (Fsp3) is 0.417. The van der Waals surface area contributed by atoms with E-state index in [4.69, 9.17) is 0 Å². The van der Waals surface area contributed by atoms with Crippen molar-refractivity contribution in [1.82, 2.24) is 4.90 Å². The number of rotatable bonds is 4. The summed E-state index contributed by atoms with van der Waals surface area (Å²) in [6.07, 6.45) is 7.39. The first kappa shape index (κ1) is 18.7. The molecule has 1 N–H and O–H groups in total. The molecule has 1 unspecified atom stereocenters. The maximum Gasteiger partial charge on any atom is 0.254 e. The Bertz CT molecular complexity index is 870. The predicted octanol–water partition coefficient (Wildman–Crippen LogP) is 4.96. The standard InChI is InChI=1S/C24H28N2O2/c1-26(22-15-14-17-8-5-6-13-21(17)22)24(28)19-11-7-12-20(16-19)25-23(27)18-9-3-2-4-10-18/h5-8,11-13,16,18,22H,2-4,9-10,14-15H2,1H3,(H,25,27). The van der Waals surface area contributed by atoms with E-state index in [1.165, 1.54) is 17.5 Å². The number of nitrogens with one attached hydrogen (secondary N) is 1. The van der Waals surface area contributed by atoms with Gasteiger partial charge in [-0.3, -0.25) is 9.59 Å². The largest absolute Gasteiger partial charge is 0.335 e.